The van der Waals surface area contributed by atoms with Crippen molar-refractivity contribution in [3.63, 3.8) is 0 Å². The van der Waals surface area contributed by atoms with E-state index in [1.807, 2.05) is 0 Å². The molecule has 0 aliphatic carbocycles. The molecule has 0 fully saturated rings. The molecule has 4 N–H and O–H groups in total. The Balaban J connectivity index is 2.17. The second kappa shape index (κ2) is 5.35. The van der Waals surface area contributed by atoms with E-state index in [1.165, 1.54) is 18.2 Å². The molecule has 0 saturated carbocycles. The maximum atomic E-state index is 12.4. The van der Waals surface area contributed by atoms with Crippen molar-refractivity contribution < 1.29 is 23.1 Å². The van der Waals surface area contributed by atoms with Gasteiger partial charge in [0.15, 0.2) is 0 Å². The number of aromatic hydroxyl groups is 1. The molecule has 0 aliphatic heterocycles. The lowest BCUT2D eigenvalue weighted by molar-refractivity contribution is -0.137. The largest absolute Gasteiger partial charge is 0.508 e. The molecule has 0 radical (unpaired) electrons. The highest BCUT2D eigenvalue weighted by atomic mass is 19.4. The Labute approximate surface area is 118 Å². The summed E-state index contributed by atoms with van der Waals surface area (Å²) in [6, 6.07) is 7.79. The van der Waals surface area contributed by atoms with Gasteiger partial charge in [0.2, 0.25) is 0 Å². The quantitative estimate of drug-likeness (QED) is 0.588. The van der Waals surface area contributed by atoms with E-state index in [1.54, 1.807) is 0 Å². The molecule has 0 atom stereocenters. The van der Waals surface area contributed by atoms with Gasteiger partial charge < -0.3 is 16.2 Å². The van der Waals surface area contributed by atoms with E-state index in [2.05, 4.69) is 5.32 Å². The van der Waals surface area contributed by atoms with Gasteiger partial charge >= 0.3 is 6.18 Å². The smallest absolute Gasteiger partial charge is 0.416 e. The summed E-state index contributed by atoms with van der Waals surface area (Å²) in [4.78, 5) is 11.9. The first-order valence-electron chi connectivity index (χ1n) is 5.84. The normalized spacial score (nSPS) is 11.2. The summed E-state index contributed by atoms with van der Waals surface area (Å²) in [5, 5.41) is 11.7. The molecule has 2 rings (SSSR count). The first-order chi connectivity index (χ1) is 9.77. The van der Waals surface area contributed by atoms with Gasteiger partial charge in [-0.1, -0.05) is 0 Å². The summed E-state index contributed by atoms with van der Waals surface area (Å²) in [6.45, 7) is 0. The van der Waals surface area contributed by atoms with Gasteiger partial charge in [0.05, 0.1) is 16.9 Å². The van der Waals surface area contributed by atoms with Gasteiger partial charge in [0, 0.05) is 11.6 Å². The summed E-state index contributed by atoms with van der Waals surface area (Å²) < 4.78 is 37.3. The zero-order valence-corrected chi connectivity index (χ0v) is 10.6. The van der Waals surface area contributed by atoms with Crippen LogP contribution in [0.1, 0.15) is 15.9 Å². The van der Waals surface area contributed by atoms with Gasteiger partial charge in [0.1, 0.15) is 5.75 Å². The minimum absolute atomic E-state index is 0.0555. The van der Waals surface area contributed by atoms with Crippen LogP contribution in [0, 0.1) is 0 Å². The van der Waals surface area contributed by atoms with E-state index in [9.17, 15) is 23.1 Å². The highest BCUT2D eigenvalue weighted by Gasteiger charge is 2.30. The Morgan fingerprint density at radius 3 is 2.24 bits per heavy atom. The van der Waals surface area contributed by atoms with E-state index in [4.69, 9.17) is 5.73 Å². The van der Waals surface area contributed by atoms with Crippen molar-refractivity contribution in [1.29, 1.82) is 0 Å². The fraction of sp³-hybridized carbons (Fsp3) is 0.0714. The lowest BCUT2D eigenvalue weighted by atomic mass is 10.1. The SMILES string of the molecule is Nc1cc(O)ccc1NC(=O)c1ccc(C(F)(F)F)cc1. The third kappa shape index (κ3) is 3.44. The van der Waals surface area contributed by atoms with Crippen LogP contribution in [0.15, 0.2) is 42.5 Å². The summed E-state index contributed by atoms with van der Waals surface area (Å²) in [7, 11) is 0. The predicted molar refractivity (Wildman–Crippen MR) is 71.9 cm³/mol. The van der Waals surface area contributed by atoms with Gasteiger partial charge in [-0.15, -0.1) is 0 Å². The number of alkyl halides is 3. The molecule has 21 heavy (non-hydrogen) atoms. The maximum absolute atomic E-state index is 12.4. The number of amides is 1. The van der Waals surface area contributed by atoms with Gasteiger partial charge in [-0.3, -0.25) is 4.79 Å². The molecule has 110 valence electrons. The van der Waals surface area contributed by atoms with Gasteiger partial charge in [-0.05, 0) is 36.4 Å². The summed E-state index contributed by atoms with van der Waals surface area (Å²) in [6.07, 6.45) is -4.45. The number of hydrogen-bond acceptors (Lipinski definition) is 3. The number of carbonyl (C=O) groups is 1. The molecule has 4 nitrogen and oxygen atoms in total. The Bertz CT molecular complexity index is 667. The highest BCUT2D eigenvalue weighted by molar-refractivity contribution is 6.05. The van der Waals surface area contributed by atoms with Crippen molar-refractivity contribution in [2.24, 2.45) is 0 Å². The van der Waals surface area contributed by atoms with Crippen molar-refractivity contribution in [3.8, 4) is 5.75 Å². The number of phenolic OH excluding ortho intramolecular Hbond substituents is 1. The topological polar surface area (TPSA) is 75.3 Å². The Morgan fingerprint density at radius 1 is 1.10 bits per heavy atom. The lowest BCUT2D eigenvalue weighted by Crippen LogP contribution is -2.13. The van der Waals surface area contributed by atoms with Gasteiger partial charge in [-0.25, -0.2) is 0 Å². The highest BCUT2D eigenvalue weighted by Crippen LogP contribution is 2.29. The van der Waals surface area contributed by atoms with E-state index in [-0.39, 0.29) is 22.7 Å². The van der Waals surface area contributed by atoms with Crippen molar-refractivity contribution in [2.45, 2.75) is 6.18 Å². The number of nitrogens with two attached hydrogens (primary N) is 1. The maximum Gasteiger partial charge on any atom is 0.416 e. The second-order valence-electron chi connectivity index (χ2n) is 4.30. The van der Waals surface area contributed by atoms with Crippen LogP contribution >= 0.6 is 0 Å². The van der Waals surface area contributed by atoms with E-state index in [0.29, 0.717) is 0 Å². The standard InChI is InChI=1S/C14H11F3N2O2/c15-14(16,17)9-3-1-8(2-4-9)13(21)19-12-6-5-10(20)7-11(12)18/h1-7,20H,18H2,(H,19,21). The molecule has 0 spiro atoms. The van der Waals surface area contributed by atoms with Crippen LogP contribution in [-0.4, -0.2) is 11.0 Å². The van der Waals surface area contributed by atoms with Crippen LogP contribution < -0.4 is 11.1 Å². The molecular weight excluding hydrogens is 285 g/mol. The molecule has 2 aromatic carbocycles. The van der Waals surface area contributed by atoms with Crippen molar-refractivity contribution in [2.75, 3.05) is 11.1 Å². The number of rotatable bonds is 2. The zero-order valence-electron chi connectivity index (χ0n) is 10.6. The Kier molecular flexibility index (Phi) is 3.75. The fourth-order valence-corrected chi connectivity index (χ4v) is 1.67. The monoisotopic (exact) mass is 296 g/mol. The summed E-state index contributed by atoms with van der Waals surface area (Å²) >= 11 is 0. The van der Waals surface area contributed by atoms with Crippen LogP contribution in [0.4, 0.5) is 24.5 Å². The third-order valence-electron chi connectivity index (χ3n) is 2.76. The third-order valence-corrected chi connectivity index (χ3v) is 2.76. The minimum atomic E-state index is -4.45. The number of halogens is 3. The molecule has 0 bridgehead atoms. The van der Waals surface area contributed by atoms with Crippen molar-refractivity contribution in [3.05, 3.63) is 53.6 Å². The minimum Gasteiger partial charge on any atom is -0.508 e. The summed E-state index contributed by atoms with van der Waals surface area (Å²) in [5.74, 6) is -0.652. The molecule has 7 heteroatoms. The molecule has 0 saturated heterocycles. The number of benzene rings is 2. The van der Waals surface area contributed by atoms with Gasteiger partial charge in [0.25, 0.3) is 5.91 Å². The van der Waals surface area contributed by atoms with Crippen LogP contribution in [0.5, 0.6) is 5.75 Å². The molecular formula is C14H11F3N2O2. The van der Waals surface area contributed by atoms with Crippen LogP contribution in [0.3, 0.4) is 0 Å². The van der Waals surface area contributed by atoms with Crippen LogP contribution in [-0.2, 0) is 6.18 Å². The molecule has 1 amide bonds. The number of nitrogen functional groups attached to an aromatic ring is 1. The van der Waals surface area contributed by atoms with Crippen molar-refractivity contribution >= 4 is 17.3 Å². The van der Waals surface area contributed by atoms with E-state index >= 15 is 0 Å². The number of hydrogen-bond donors (Lipinski definition) is 3. The molecule has 0 unspecified atom stereocenters. The van der Waals surface area contributed by atoms with E-state index < -0.39 is 17.6 Å². The molecule has 0 heterocycles. The predicted octanol–water partition coefficient (Wildman–Crippen LogP) is 3.25. The first kappa shape index (κ1) is 14.7. The van der Waals surface area contributed by atoms with Crippen molar-refractivity contribution in [1.82, 2.24) is 0 Å². The molecule has 2 aromatic rings. The van der Waals surface area contributed by atoms with E-state index in [0.717, 1.165) is 24.3 Å². The molecule has 0 aromatic heterocycles. The number of nitrogens with one attached hydrogen (secondary N) is 1. The Hall–Kier alpha value is -2.70. The first-order valence-corrected chi connectivity index (χ1v) is 5.84. The van der Waals surface area contributed by atoms with Crippen LogP contribution in [0.25, 0.3) is 0 Å². The number of anilines is 2. The van der Waals surface area contributed by atoms with Gasteiger partial charge in [-0.2, -0.15) is 13.2 Å². The second-order valence-corrected chi connectivity index (χ2v) is 4.30. The molecule has 0 aliphatic rings. The zero-order chi connectivity index (χ0) is 15.6. The average molecular weight is 296 g/mol. The summed E-state index contributed by atoms with van der Waals surface area (Å²) in [5.41, 5.74) is 5.25. The average Bonchev–Trinajstić information content (AvgIpc) is 2.41. The fourth-order valence-electron chi connectivity index (χ4n) is 1.67. The Morgan fingerprint density at radius 2 is 1.71 bits per heavy atom. The number of carbonyl (C=O) groups excluding carboxylic acids is 1. The lowest BCUT2D eigenvalue weighted by Gasteiger charge is -2.10. The van der Waals surface area contributed by atoms with Crippen LogP contribution in [0.2, 0.25) is 0 Å². The number of phenols is 1.